The predicted molar refractivity (Wildman–Crippen MR) is 117 cm³/mol. The van der Waals surface area contributed by atoms with Gasteiger partial charge in [0, 0.05) is 4.47 Å². The molecule has 0 radical (unpaired) electrons. The summed E-state index contributed by atoms with van der Waals surface area (Å²) in [6, 6.07) is 14.5. The maximum atomic E-state index is 11.9. The van der Waals surface area contributed by atoms with E-state index in [-0.39, 0.29) is 18.6 Å². The van der Waals surface area contributed by atoms with E-state index in [9.17, 15) is 14.4 Å². The molecule has 0 aliphatic heterocycles. The van der Waals surface area contributed by atoms with Gasteiger partial charge in [0.05, 0.1) is 12.2 Å². The number of benzene rings is 2. The van der Waals surface area contributed by atoms with Gasteiger partial charge in [0.2, 0.25) is 5.91 Å². The lowest BCUT2D eigenvalue weighted by molar-refractivity contribution is -0.150. The first kappa shape index (κ1) is 23.4. The average Bonchev–Trinajstić information content (AvgIpc) is 2.70. The standard InChI is InChI=1S/C22H25BrN2O5/c1-22(2,3)15-8-10-16(11-9-15)29-14-21(28)30-13-20(27)24-12-19(26)25-18-7-5-4-6-17(18)23/h4-11H,12-14H2,1-3H3,(H,24,27)(H,25,26). The number of hydrogen-bond donors (Lipinski definition) is 2. The van der Waals surface area contributed by atoms with Crippen LogP contribution in [0.3, 0.4) is 0 Å². The Kier molecular flexibility index (Phi) is 8.41. The molecular weight excluding hydrogens is 452 g/mol. The third kappa shape index (κ3) is 7.87. The number of ether oxygens (including phenoxy) is 2. The van der Waals surface area contributed by atoms with Crippen molar-refractivity contribution in [2.75, 3.05) is 25.1 Å². The number of para-hydroxylation sites is 1. The summed E-state index contributed by atoms with van der Waals surface area (Å²) < 4.78 is 11.0. The number of esters is 1. The van der Waals surface area contributed by atoms with Gasteiger partial charge in [-0.15, -0.1) is 0 Å². The van der Waals surface area contributed by atoms with Crippen molar-refractivity contribution in [1.82, 2.24) is 5.32 Å². The molecule has 0 atom stereocenters. The molecular formula is C22H25BrN2O5. The van der Waals surface area contributed by atoms with Crippen molar-refractivity contribution in [1.29, 1.82) is 0 Å². The normalized spacial score (nSPS) is 10.8. The van der Waals surface area contributed by atoms with E-state index in [1.54, 1.807) is 30.3 Å². The second-order valence-corrected chi connectivity index (χ2v) is 8.38. The van der Waals surface area contributed by atoms with Gasteiger partial charge in [0.25, 0.3) is 5.91 Å². The lowest BCUT2D eigenvalue weighted by atomic mass is 9.87. The fraction of sp³-hybridized carbons (Fsp3) is 0.318. The molecule has 0 aromatic heterocycles. The Morgan fingerprint density at radius 2 is 1.60 bits per heavy atom. The SMILES string of the molecule is CC(C)(C)c1ccc(OCC(=O)OCC(=O)NCC(=O)Nc2ccccc2Br)cc1. The summed E-state index contributed by atoms with van der Waals surface area (Å²) >= 11 is 3.32. The molecule has 2 amide bonds. The molecule has 0 aliphatic carbocycles. The lowest BCUT2D eigenvalue weighted by Crippen LogP contribution is -2.36. The van der Waals surface area contributed by atoms with Crippen molar-refractivity contribution in [3.05, 3.63) is 58.6 Å². The van der Waals surface area contributed by atoms with E-state index in [2.05, 4.69) is 47.3 Å². The molecule has 2 aromatic rings. The summed E-state index contributed by atoms with van der Waals surface area (Å²) in [5, 5.41) is 5.04. The Bertz CT molecular complexity index is 891. The van der Waals surface area contributed by atoms with E-state index in [1.807, 2.05) is 18.2 Å². The largest absolute Gasteiger partial charge is 0.482 e. The van der Waals surface area contributed by atoms with Gasteiger partial charge < -0.3 is 20.1 Å². The Hall–Kier alpha value is -2.87. The number of halogens is 1. The monoisotopic (exact) mass is 476 g/mol. The highest BCUT2D eigenvalue weighted by atomic mass is 79.9. The van der Waals surface area contributed by atoms with Crippen LogP contribution in [0.5, 0.6) is 5.75 Å². The summed E-state index contributed by atoms with van der Waals surface area (Å²) in [6.45, 7) is 5.27. The maximum absolute atomic E-state index is 11.9. The quantitative estimate of drug-likeness (QED) is 0.569. The van der Waals surface area contributed by atoms with Gasteiger partial charge in [-0.05, 0) is 51.2 Å². The molecule has 0 aliphatic rings. The number of carbonyl (C=O) groups is 3. The molecule has 2 N–H and O–H groups in total. The van der Waals surface area contributed by atoms with E-state index < -0.39 is 24.4 Å². The van der Waals surface area contributed by atoms with Crippen LogP contribution < -0.4 is 15.4 Å². The Morgan fingerprint density at radius 1 is 0.933 bits per heavy atom. The number of anilines is 1. The smallest absolute Gasteiger partial charge is 0.344 e. The van der Waals surface area contributed by atoms with Crippen molar-refractivity contribution in [2.24, 2.45) is 0 Å². The first-order chi connectivity index (χ1) is 14.1. The molecule has 0 saturated heterocycles. The van der Waals surface area contributed by atoms with Crippen molar-refractivity contribution < 1.29 is 23.9 Å². The summed E-state index contributed by atoms with van der Waals surface area (Å²) in [5.41, 5.74) is 1.77. The molecule has 2 rings (SSSR count). The van der Waals surface area contributed by atoms with Crippen LogP contribution in [0.2, 0.25) is 0 Å². The molecule has 7 nitrogen and oxygen atoms in total. The zero-order valence-corrected chi connectivity index (χ0v) is 18.7. The minimum Gasteiger partial charge on any atom is -0.482 e. The zero-order valence-electron chi connectivity index (χ0n) is 17.2. The number of hydrogen-bond acceptors (Lipinski definition) is 5. The topological polar surface area (TPSA) is 93.7 Å². The maximum Gasteiger partial charge on any atom is 0.344 e. The molecule has 0 heterocycles. The minimum absolute atomic E-state index is 0.0271. The molecule has 8 heteroatoms. The highest BCUT2D eigenvalue weighted by Gasteiger charge is 2.14. The summed E-state index contributed by atoms with van der Waals surface area (Å²) in [5.74, 6) is -1.13. The van der Waals surface area contributed by atoms with E-state index >= 15 is 0 Å². The van der Waals surface area contributed by atoms with E-state index in [0.29, 0.717) is 11.4 Å². The van der Waals surface area contributed by atoms with Crippen molar-refractivity contribution in [3.8, 4) is 5.75 Å². The molecule has 2 aromatic carbocycles. The van der Waals surface area contributed by atoms with Gasteiger partial charge in [-0.25, -0.2) is 4.79 Å². The van der Waals surface area contributed by atoms with E-state index in [4.69, 9.17) is 9.47 Å². The van der Waals surface area contributed by atoms with Crippen molar-refractivity contribution in [3.63, 3.8) is 0 Å². The molecule has 0 fully saturated rings. The Labute approximate surface area is 184 Å². The second kappa shape index (κ2) is 10.8. The third-order valence-corrected chi connectivity index (χ3v) is 4.73. The number of rotatable bonds is 8. The van der Waals surface area contributed by atoms with Gasteiger partial charge >= 0.3 is 5.97 Å². The van der Waals surface area contributed by atoms with Crippen LogP contribution in [-0.4, -0.2) is 37.5 Å². The van der Waals surface area contributed by atoms with Gasteiger partial charge in [-0.3, -0.25) is 9.59 Å². The van der Waals surface area contributed by atoms with Crippen molar-refractivity contribution in [2.45, 2.75) is 26.2 Å². The molecule has 0 saturated carbocycles. The van der Waals surface area contributed by atoms with Gasteiger partial charge in [0.1, 0.15) is 5.75 Å². The molecule has 0 unspecified atom stereocenters. The highest BCUT2D eigenvalue weighted by molar-refractivity contribution is 9.10. The molecule has 30 heavy (non-hydrogen) atoms. The van der Waals surface area contributed by atoms with Crippen LogP contribution >= 0.6 is 15.9 Å². The van der Waals surface area contributed by atoms with Crippen LogP contribution in [0, 0.1) is 0 Å². The summed E-state index contributed by atoms with van der Waals surface area (Å²) in [4.78, 5) is 35.4. The Morgan fingerprint density at radius 3 is 2.23 bits per heavy atom. The van der Waals surface area contributed by atoms with E-state index in [0.717, 1.165) is 10.0 Å². The van der Waals surface area contributed by atoms with Crippen LogP contribution in [0.1, 0.15) is 26.3 Å². The first-order valence-electron chi connectivity index (χ1n) is 9.35. The summed E-state index contributed by atoms with van der Waals surface area (Å²) in [7, 11) is 0. The van der Waals surface area contributed by atoms with Gasteiger partial charge in [-0.1, -0.05) is 45.0 Å². The molecule has 0 bridgehead atoms. The number of carbonyl (C=O) groups excluding carboxylic acids is 3. The summed E-state index contributed by atoms with van der Waals surface area (Å²) in [6.07, 6.45) is 0. The minimum atomic E-state index is -0.678. The van der Waals surface area contributed by atoms with Gasteiger partial charge in [0.15, 0.2) is 13.2 Å². The second-order valence-electron chi connectivity index (χ2n) is 7.53. The van der Waals surface area contributed by atoms with Crippen LogP contribution in [-0.2, 0) is 24.5 Å². The Balaban J connectivity index is 1.66. The van der Waals surface area contributed by atoms with Crippen LogP contribution in [0.25, 0.3) is 0 Å². The van der Waals surface area contributed by atoms with Gasteiger partial charge in [-0.2, -0.15) is 0 Å². The highest BCUT2D eigenvalue weighted by Crippen LogP contribution is 2.24. The molecule has 160 valence electrons. The van der Waals surface area contributed by atoms with Crippen molar-refractivity contribution >= 4 is 39.4 Å². The number of amides is 2. The van der Waals surface area contributed by atoms with Crippen LogP contribution in [0.4, 0.5) is 5.69 Å². The predicted octanol–water partition coefficient (Wildman–Crippen LogP) is 3.42. The third-order valence-electron chi connectivity index (χ3n) is 4.04. The fourth-order valence-corrected chi connectivity index (χ4v) is 2.75. The number of nitrogens with one attached hydrogen (secondary N) is 2. The average molecular weight is 477 g/mol. The molecule has 0 spiro atoms. The zero-order chi connectivity index (χ0) is 22.1. The van der Waals surface area contributed by atoms with Crippen LogP contribution in [0.15, 0.2) is 53.0 Å². The fourth-order valence-electron chi connectivity index (χ4n) is 2.37. The van der Waals surface area contributed by atoms with E-state index in [1.165, 1.54) is 0 Å². The first-order valence-corrected chi connectivity index (χ1v) is 10.1. The lowest BCUT2D eigenvalue weighted by Gasteiger charge is -2.19.